The molecule has 0 aromatic carbocycles. The van der Waals surface area contributed by atoms with Crippen LogP contribution in [0, 0.1) is 5.41 Å². The van der Waals surface area contributed by atoms with Crippen LogP contribution >= 0.6 is 22.9 Å². The molecule has 1 unspecified atom stereocenters. The van der Waals surface area contributed by atoms with Crippen molar-refractivity contribution in [3.63, 3.8) is 0 Å². The van der Waals surface area contributed by atoms with E-state index in [9.17, 15) is 0 Å². The van der Waals surface area contributed by atoms with Gasteiger partial charge in [0.2, 0.25) is 0 Å². The van der Waals surface area contributed by atoms with Gasteiger partial charge in [0.05, 0.1) is 5.69 Å². The minimum Gasteiger partial charge on any atom is -0.381 e. The van der Waals surface area contributed by atoms with E-state index in [0.29, 0.717) is 11.5 Å². The van der Waals surface area contributed by atoms with Gasteiger partial charge in [-0.15, -0.1) is 11.3 Å². The molecule has 0 radical (unpaired) electrons. The largest absolute Gasteiger partial charge is 0.381 e. The average molecular weight is 232 g/mol. The SMILES string of the molecule is CC(CC(C)(C)C)Nc1ccsc1Cl. The van der Waals surface area contributed by atoms with E-state index in [1.165, 1.54) is 0 Å². The summed E-state index contributed by atoms with van der Waals surface area (Å²) >= 11 is 7.58. The summed E-state index contributed by atoms with van der Waals surface area (Å²) in [6.45, 7) is 8.94. The van der Waals surface area contributed by atoms with E-state index in [0.717, 1.165) is 16.4 Å². The van der Waals surface area contributed by atoms with Gasteiger partial charge in [-0.25, -0.2) is 0 Å². The first kappa shape index (κ1) is 11.9. The topological polar surface area (TPSA) is 12.0 Å². The molecule has 1 aromatic rings. The highest BCUT2D eigenvalue weighted by Gasteiger charge is 2.15. The Hall–Kier alpha value is -0.210. The van der Waals surface area contributed by atoms with Crippen LogP contribution in [0.25, 0.3) is 0 Å². The molecule has 0 fully saturated rings. The molecule has 0 amide bonds. The lowest BCUT2D eigenvalue weighted by Gasteiger charge is -2.24. The summed E-state index contributed by atoms with van der Waals surface area (Å²) in [7, 11) is 0. The Kier molecular flexibility index (Phi) is 3.85. The van der Waals surface area contributed by atoms with E-state index in [-0.39, 0.29) is 0 Å². The van der Waals surface area contributed by atoms with E-state index in [4.69, 9.17) is 11.6 Å². The van der Waals surface area contributed by atoms with Gasteiger partial charge in [-0.3, -0.25) is 0 Å². The number of anilines is 1. The van der Waals surface area contributed by atoms with Gasteiger partial charge in [0.15, 0.2) is 0 Å². The molecule has 0 spiro atoms. The minimum absolute atomic E-state index is 0.356. The fourth-order valence-electron chi connectivity index (χ4n) is 1.63. The third-order valence-electron chi connectivity index (χ3n) is 1.94. The van der Waals surface area contributed by atoms with Crippen LogP contribution in [0.3, 0.4) is 0 Å². The molecule has 1 nitrogen and oxygen atoms in total. The number of thiophene rings is 1. The summed E-state index contributed by atoms with van der Waals surface area (Å²) < 4.78 is 0.853. The van der Waals surface area contributed by atoms with Crippen molar-refractivity contribution in [3.8, 4) is 0 Å². The standard InChI is InChI=1S/C11H18ClNS/c1-8(7-11(2,3)4)13-9-5-6-14-10(9)12/h5-6,8,13H,7H2,1-4H3. The van der Waals surface area contributed by atoms with E-state index in [1.54, 1.807) is 11.3 Å². The van der Waals surface area contributed by atoms with Gasteiger partial charge < -0.3 is 5.32 Å². The summed E-state index contributed by atoms with van der Waals surface area (Å²) in [4.78, 5) is 0. The summed E-state index contributed by atoms with van der Waals surface area (Å²) in [5.74, 6) is 0. The minimum atomic E-state index is 0.356. The molecule has 0 saturated heterocycles. The Morgan fingerprint density at radius 3 is 2.57 bits per heavy atom. The van der Waals surface area contributed by atoms with Gasteiger partial charge in [0, 0.05) is 6.04 Å². The number of hydrogen-bond acceptors (Lipinski definition) is 2. The number of nitrogens with one attached hydrogen (secondary N) is 1. The van der Waals surface area contributed by atoms with Crippen molar-refractivity contribution in [2.24, 2.45) is 5.41 Å². The Bertz CT molecular complexity index is 288. The summed E-state index contributed by atoms with van der Waals surface area (Å²) in [6.07, 6.45) is 1.14. The molecule has 0 aliphatic rings. The Morgan fingerprint density at radius 1 is 1.50 bits per heavy atom. The van der Waals surface area contributed by atoms with Crippen LogP contribution in [0.1, 0.15) is 34.1 Å². The molecule has 1 rings (SSSR count). The van der Waals surface area contributed by atoms with Crippen LogP contribution < -0.4 is 5.32 Å². The first-order chi connectivity index (χ1) is 6.38. The van der Waals surface area contributed by atoms with Crippen molar-refractivity contribution in [1.29, 1.82) is 0 Å². The summed E-state index contributed by atoms with van der Waals surface area (Å²) in [5.41, 5.74) is 1.42. The zero-order chi connectivity index (χ0) is 10.8. The Morgan fingerprint density at radius 2 is 2.14 bits per heavy atom. The fourth-order valence-corrected chi connectivity index (χ4v) is 2.48. The van der Waals surface area contributed by atoms with Crippen molar-refractivity contribution in [2.75, 3.05) is 5.32 Å². The maximum absolute atomic E-state index is 6.01. The lowest BCUT2D eigenvalue weighted by molar-refractivity contribution is 0.358. The second-order valence-corrected chi connectivity index (χ2v) is 6.44. The summed E-state index contributed by atoms with van der Waals surface area (Å²) in [6, 6.07) is 2.49. The first-order valence-electron chi connectivity index (χ1n) is 4.88. The molecule has 0 aliphatic heterocycles. The van der Waals surface area contributed by atoms with Crippen molar-refractivity contribution in [1.82, 2.24) is 0 Å². The molecular weight excluding hydrogens is 214 g/mol. The molecule has 1 N–H and O–H groups in total. The predicted molar refractivity (Wildman–Crippen MR) is 66.5 cm³/mol. The monoisotopic (exact) mass is 231 g/mol. The molecule has 3 heteroatoms. The van der Waals surface area contributed by atoms with Crippen LogP contribution in [0.4, 0.5) is 5.69 Å². The van der Waals surface area contributed by atoms with E-state index in [2.05, 4.69) is 33.0 Å². The smallest absolute Gasteiger partial charge is 0.116 e. The summed E-state index contributed by atoms with van der Waals surface area (Å²) in [5, 5.41) is 5.43. The zero-order valence-electron chi connectivity index (χ0n) is 9.23. The van der Waals surface area contributed by atoms with Crippen LogP contribution in [-0.2, 0) is 0 Å². The molecule has 14 heavy (non-hydrogen) atoms. The molecule has 1 aromatic heterocycles. The van der Waals surface area contributed by atoms with Crippen LogP contribution in [-0.4, -0.2) is 6.04 Å². The number of hydrogen-bond donors (Lipinski definition) is 1. The quantitative estimate of drug-likeness (QED) is 0.799. The lowest BCUT2D eigenvalue weighted by atomic mass is 9.89. The predicted octanol–water partition coefficient (Wildman–Crippen LogP) is 4.64. The van der Waals surface area contributed by atoms with Gasteiger partial charge in [-0.2, -0.15) is 0 Å². The van der Waals surface area contributed by atoms with Crippen molar-refractivity contribution in [2.45, 2.75) is 40.2 Å². The van der Waals surface area contributed by atoms with Crippen LogP contribution in [0.2, 0.25) is 4.34 Å². The normalized spacial score (nSPS) is 14.1. The Balaban J connectivity index is 2.50. The third kappa shape index (κ3) is 3.89. The maximum atomic E-state index is 6.01. The third-order valence-corrected chi connectivity index (χ3v) is 3.11. The highest BCUT2D eigenvalue weighted by Crippen LogP contribution is 2.30. The van der Waals surface area contributed by atoms with E-state index in [1.807, 2.05) is 11.4 Å². The molecular formula is C11H18ClNS. The maximum Gasteiger partial charge on any atom is 0.116 e. The molecule has 1 atom stereocenters. The van der Waals surface area contributed by atoms with Gasteiger partial charge in [-0.1, -0.05) is 32.4 Å². The highest BCUT2D eigenvalue weighted by molar-refractivity contribution is 7.15. The average Bonchev–Trinajstić information content (AvgIpc) is 2.32. The van der Waals surface area contributed by atoms with Crippen molar-refractivity contribution in [3.05, 3.63) is 15.8 Å². The molecule has 0 aliphatic carbocycles. The lowest BCUT2D eigenvalue weighted by Crippen LogP contribution is -2.22. The first-order valence-corrected chi connectivity index (χ1v) is 6.14. The molecule has 1 heterocycles. The van der Waals surface area contributed by atoms with Crippen molar-refractivity contribution < 1.29 is 0 Å². The highest BCUT2D eigenvalue weighted by atomic mass is 35.5. The van der Waals surface area contributed by atoms with Crippen molar-refractivity contribution >= 4 is 28.6 Å². The molecule has 80 valence electrons. The van der Waals surface area contributed by atoms with Gasteiger partial charge in [-0.05, 0) is 30.2 Å². The van der Waals surface area contributed by atoms with Gasteiger partial charge in [0.1, 0.15) is 4.34 Å². The molecule has 0 saturated carbocycles. The zero-order valence-corrected chi connectivity index (χ0v) is 10.8. The van der Waals surface area contributed by atoms with E-state index < -0.39 is 0 Å². The Labute approximate surface area is 95.5 Å². The second kappa shape index (κ2) is 4.54. The van der Waals surface area contributed by atoms with Crippen LogP contribution in [0.5, 0.6) is 0 Å². The second-order valence-electron chi connectivity index (χ2n) is 4.92. The number of rotatable bonds is 3. The van der Waals surface area contributed by atoms with E-state index >= 15 is 0 Å². The van der Waals surface area contributed by atoms with Gasteiger partial charge in [0.25, 0.3) is 0 Å². The molecule has 0 bridgehead atoms. The number of halogens is 1. The van der Waals surface area contributed by atoms with Gasteiger partial charge >= 0.3 is 0 Å². The van der Waals surface area contributed by atoms with Crippen LogP contribution in [0.15, 0.2) is 11.4 Å². The fraction of sp³-hybridized carbons (Fsp3) is 0.636.